The van der Waals surface area contributed by atoms with Crippen molar-refractivity contribution in [2.24, 2.45) is 0 Å². The van der Waals surface area contributed by atoms with E-state index in [1.807, 2.05) is 97.5 Å². The molecule has 0 saturated carbocycles. The number of amides is 2. The largest absolute Gasteiger partial charge is 0.336 e. The van der Waals surface area contributed by atoms with Crippen molar-refractivity contribution in [1.82, 2.24) is 14.5 Å². The minimum absolute atomic E-state index is 0.0597. The monoisotopic (exact) mass is 432 g/mol. The molecule has 1 aliphatic heterocycles. The Hall–Kier alpha value is -3.15. The SMILES string of the molecule is Cc1ccc(N2C[C@@H](c3nc4ccccc4n3CC(=O)N(C(C)C)C(C)C)CC2=O)cc1. The first-order valence-corrected chi connectivity index (χ1v) is 11.4. The first kappa shape index (κ1) is 22.1. The van der Waals surface area contributed by atoms with Crippen molar-refractivity contribution in [1.29, 1.82) is 0 Å². The molecule has 2 amide bonds. The second-order valence-corrected chi connectivity index (χ2v) is 9.27. The number of fused-ring (bicyclic) bond motifs is 1. The van der Waals surface area contributed by atoms with Gasteiger partial charge in [0.1, 0.15) is 12.4 Å². The number of carbonyl (C=O) groups is 2. The lowest BCUT2D eigenvalue weighted by Gasteiger charge is -2.31. The summed E-state index contributed by atoms with van der Waals surface area (Å²) in [6.07, 6.45) is 0.392. The van der Waals surface area contributed by atoms with Gasteiger partial charge < -0.3 is 14.4 Å². The fraction of sp³-hybridized carbons (Fsp3) is 0.423. The number of carbonyl (C=O) groups excluding carboxylic acids is 2. The summed E-state index contributed by atoms with van der Waals surface area (Å²) in [4.78, 5) is 34.8. The summed E-state index contributed by atoms with van der Waals surface area (Å²) >= 11 is 0. The number of rotatable bonds is 6. The standard InChI is InChI=1S/C26H32N4O2/c1-17(2)30(18(3)4)25(32)16-29-23-9-7-6-8-22(23)27-26(29)20-14-24(31)28(15-20)21-12-10-19(5)11-13-21/h6-13,17-18,20H,14-16H2,1-5H3/t20-/m0/s1. The maximum absolute atomic E-state index is 13.3. The highest BCUT2D eigenvalue weighted by Crippen LogP contribution is 2.33. The zero-order valence-corrected chi connectivity index (χ0v) is 19.6. The van der Waals surface area contributed by atoms with Crippen LogP contribution in [0.5, 0.6) is 0 Å². The summed E-state index contributed by atoms with van der Waals surface area (Å²) in [6.45, 7) is 11.0. The number of aromatic nitrogens is 2. The molecule has 1 aliphatic rings. The fourth-order valence-electron chi connectivity index (χ4n) is 4.82. The van der Waals surface area contributed by atoms with E-state index in [1.54, 1.807) is 0 Å². The van der Waals surface area contributed by atoms with Gasteiger partial charge in [-0.05, 0) is 58.9 Å². The first-order valence-electron chi connectivity index (χ1n) is 11.4. The van der Waals surface area contributed by atoms with Gasteiger partial charge in [-0.1, -0.05) is 29.8 Å². The van der Waals surface area contributed by atoms with Gasteiger partial charge in [0.05, 0.1) is 11.0 Å². The molecule has 1 atom stereocenters. The smallest absolute Gasteiger partial charge is 0.243 e. The minimum atomic E-state index is -0.0597. The van der Waals surface area contributed by atoms with Gasteiger partial charge in [-0.25, -0.2) is 4.98 Å². The Kier molecular flexibility index (Phi) is 6.04. The van der Waals surface area contributed by atoms with Crippen LogP contribution in [-0.2, 0) is 16.1 Å². The average molecular weight is 433 g/mol. The van der Waals surface area contributed by atoms with Gasteiger partial charge in [0.15, 0.2) is 0 Å². The van der Waals surface area contributed by atoms with E-state index in [2.05, 4.69) is 0 Å². The third-order valence-corrected chi connectivity index (χ3v) is 6.21. The predicted octanol–water partition coefficient (Wildman–Crippen LogP) is 4.51. The summed E-state index contributed by atoms with van der Waals surface area (Å²) in [5.74, 6) is 0.916. The fourth-order valence-corrected chi connectivity index (χ4v) is 4.82. The number of benzene rings is 2. The number of imidazole rings is 1. The van der Waals surface area contributed by atoms with Gasteiger partial charge in [-0.3, -0.25) is 9.59 Å². The quantitative estimate of drug-likeness (QED) is 0.576. The molecule has 32 heavy (non-hydrogen) atoms. The van der Waals surface area contributed by atoms with Crippen LogP contribution < -0.4 is 4.90 Å². The summed E-state index contributed by atoms with van der Waals surface area (Å²) in [5.41, 5.74) is 3.87. The third kappa shape index (κ3) is 4.14. The van der Waals surface area contributed by atoms with Gasteiger partial charge in [0.2, 0.25) is 11.8 Å². The molecule has 0 radical (unpaired) electrons. The van der Waals surface area contributed by atoms with Crippen molar-refractivity contribution in [3.05, 3.63) is 59.9 Å². The highest BCUT2D eigenvalue weighted by atomic mass is 16.2. The zero-order valence-electron chi connectivity index (χ0n) is 19.6. The molecule has 0 unspecified atom stereocenters. The van der Waals surface area contributed by atoms with Gasteiger partial charge in [-0.15, -0.1) is 0 Å². The summed E-state index contributed by atoms with van der Waals surface area (Å²) in [7, 11) is 0. The van der Waals surface area contributed by atoms with Crippen molar-refractivity contribution < 1.29 is 9.59 Å². The minimum Gasteiger partial charge on any atom is -0.336 e. The van der Waals surface area contributed by atoms with Crippen LogP contribution in [0.2, 0.25) is 0 Å². The third-order valence-electron chi connectivity index (χ3n) is 6.21. The lowest BCUT2D eigenvalue weighted by molar-refractivity contribution is -0.135. The van der Waals surface area contributed by atoms with Gasteiger partial charge in [0, 0.05) is 36.7 Å². The Bertz CT molecular complexity index is 1120. The summed E-state index contributed by atoms with van der Waals surface area (Å²) < 4.78 is 2.02. The molecule has 1 saturated heterocycles. The number of aryl methyl sites for hydroxylation is 1. The van der Waals surface area contributed by atoms with Gasteiger partial charge >= 0.3 is 0 Å². The zero-order chi connectivity index (χ0) is 23.0. The van der Waals surface area contributed by atoms with Crippen LogP contribution in [-0.4, -0.2) is 44.9 Å². The van der Waals surface area contributed by atoms with Crippen molar-refractivity contribution in [3.8, 4) is 0 Å². The molecule has 1 aromatic heterocycles. The van der Waals surface area contributed by atoms with E-state index in [0.29, 0.717) is 13.0 Å². The Morgan fingerprint density at radius 1 is 1.06 bits per heavy atom. The number of para-hydroxylation sites is 2. The molecule has 0 N–H and O–H groups in total. The van der Waals surface area contributed by atoms with Crippen molar-refractivity contribution >= 4 is 28.5 Å². The van der Waals surface area contributed by atoms with E-state index in [1.165, 1.54) is 0 Å². The van der Waals surface area contributed by atoms with E-state index in [0.717, 1.165) is 28.1 Å². The summed E-state index contributed by atoms with van der Waals surface area (Å²) in [6, 6.07) is 16.2. The molecule has 1 fully saturated rings. The highest BCUT2D eigenvalue weighted by molar-refractivity contribution is 5.96. The van der Waals surface area contributed by atoms with Gasteiger partial charge in [0.25, 0.3) is 0 Å². The summed E-state index contributed by atoms with van der Waals surface area (Å²) in [5, 5.41) is 0. The van der Waals surface area contributed by atoms with E-state index in [9.17, 15) is 9.59 Å². The van der Waals surface area contributed by atoms with E-state index in [4.69, 9.17) is 4.98 Å². The topological polar surface area (TPSA) is 58.4 Å². The van der Waals surface area contributed by atoms with Crippen LogP contribution in [0.1, 0.15) is 51.4 Å². The molecule has 168 valence electrons. The van der Waals surface area contributed by atoms with Crippen molar-refractivity contribution in [2.45, 2.75) is 65.6 Å². The Labute approximate surface area is 189 Å². The van der Waals surface area contributed by atoms with E-state index in [-0.39, 0.29) is 36.4 Å². The van der Waals surface area contributed by atoms with Crippen molar-refractivity contribution in [3.63, 3.8) is 0 Å². The lowest BCUT2D eigenvalue weighted by Crippen LogP contribution is -2.44. The van der Waals surface area contributed by atoms with Crippen LogP contribution in [0.4, 0.5) is 5.69 Å². The number of anilines is 1. The van der Waals surface area contributed by atoms with Crippen LogP contribution >= 0.6 is 0 Å². The van der Waals surface area contributed by atoms with E-state index >= 15 is 0 Å². The maximum atomic E-state index is 13.3. The van der Waals surface area contributed by atoms with Crippen molar-refractivity contribution in [2.75, 3.05) is 11.4 Å². The average Bonchev–Trinajstić information content (AvgIpc) is 3.29. The maximum Gasteiger partial charge on any atom is 0.243 e. The highest BCUT2D eigenvalue weighted by Gasteiger charge is 2.35. The number of hydrogen-bond acceptors (Lipinski definition) is 3. The molecule has 0 bridgehead atoms. The Morgan fingerprint density at radius 2 is 1.72 bits per heavy atom. The van der Waals surface area contributed by atoms with Crippen LogP contribution in [0.15, 0.2) is 48.5 Å². The normalized spacial score (nSPS) is 16.5. The second-order valence-electron chi connectivity index (χ2n) is 9.27. The van der Waals surface area contributed by atoms with Crippen LogP contribution in [0.25, 0.3) is 11.0 Å². The first-order chi connectivity index (χ1) is 15.3. The van der Waals surface area contributed by atoms with Crippen LogP contribution in [0.3, 0.4) is 0 Å². The number of hydrogen-bond donors (Lipinski definition) is 0. The molecule has 0 aliphatic carbocycles. The van der Waals surface area contributed by atoms with Gasteiger partial charge in [-0.2, -0.15) is 0 Å². The Morgan fingerprint density at radius 3 is 2.38 bits per heavy atom. The second kappa shape index (κ2) is 8.77. The molecule has 2 heterocycles. The molecule has 6 heteroatoms. The lowest BCUT2D eigenvalue weighted by atomic mass is 10.1. The molecule has 0 spiro atoms. The molecule has 3 aromatic rings. The predicted molar refractivity (Wildman–Crippen MR) is 128 cm³/mol. The van der Waals surface area contributed by atoms with Crippen LogP contribution in [0, 0.1) is 6.92 Å². The number of nitrogens with zero attached hydrogens (tertiary/aromatic N) is 4. The molecule has 4 rings (SSSR count). The van der Waals surface area contributed by atoms with E-state index < -0.39 is 0 Å². The Balaban J connectivity index is 1.68. The molecule has 6 nitrogen and oxygen atoms in total. The molecular formula is C26H32N4O2. The molecule has 2 aromatic carbocycles. The molecular weight excluding hydrogens is 400 g/mol.